The minimum Gasteiger partial charge on any atom is -0.345 e. The molecule has 2 aliphatic rings. The fourth-order valence-corrected chi connectivity index (χ4v) is 2.58. The first kappa shape index (κ1) is 13.1. The smallest absolute Gasteiger partial charge is 0.246 e. The fourth-order valence-electron chi connectivity index (χ4n) is 2.58. The maximum Gasteiger partial charge on any atom is 0.246 e. The minimum absolute atomic E-state index is 0.0200. The summed E-state index contributed by atoms with van der Waals surface area (Å²) in [5.74, 6) is -0.286. The summed E-state index contributed by atoms with van der Waals surface area (Å²) in [6.07, 6.45) is 3.37. The molecule has 1 aliphatic carbocycles. The zero-order valence-corrected chi connectivity index (χ0v) is 11.4. The number of nitrogens with one attached hydrogen (secondary N) is 1. The van der Waals surface area contributed by atoms with Crippen molar-refractivity contribution in [3.8, 4) is 0 Å². The number of benzene rings is 1. The van der Waals surface area contributed by atoms with Gasteiger partial charge in [-0.25, -0.2) is 0 Å². The first-order chi connectivity index (χ1) is 9.60. The van der Waals surface area contributed by atoms with Crippen LogP contribution >= 0.6 is 0 Å². The Balaban J connectivity index is 1.65. The van der Waals surface area contributed by atoms with E-state index in [0.717, 1.165) is 18.5 Å². The van der Waals surface area contributed by atoms with E-state index in [1.807, 2.05) is 24.3 Å². The van der Waals surface area contributed by atoms with Crippen molar-refractivity contribution >= 4 is 17.5 Å². The summed E-state index contributed by atoms with van der Waals surface area (Å²) in [6, 6.07) is 7.92. The van der Waals surface area contributed by atoms with Crippen LogP contribution in [-0.2, 0) is 16.0 Å². The van der Waals surface area contributed by atoms with Crippen LogP contribution in [0.5, 0.6) is 0 Å². The second-order valence-corrected chi connectivity index (χ2v) is 5.62. The van der Waals surface area contributed by atoms with Gasteiger partial charge in [0.2, 0.25) is 11.8 Å². The van der Waals surface area contributed by atoms with Crippen molar-refractivity contribution < 1.29 is 9.59 Å². The average Bonchev–Trinajstić information content (AvgIpc) is 3.23. The summed E-state index contributed by atoms with van der Waals surface area (Å²) < 4.78 is 0. The summed E-state index contributed by atoms with van der Waals surface area (Å²) in [5.41, 5.74) is 7.23. The third-order valence-corrected chi connectivity index (χ3v) is 4.05. The summed E-state index contributed by atoms with van der Waals surface area (Å²) in [4.78, 5) is 25.8. The Hall–Kier alpha value is -1.88. The molecule has 2 amide bonds. The number of carbonyl (C=O) groups excluding carboxylic acids is 2. The third kappa shape index (κ3) is 2.41. The molecule has 1 fully saturated rings. The summed E-state index contributed by atoms with van der Waals surface area (Å²) in [7, 11) is 0. The number of para-hydroxylation sites is 1. The monoisotopic (exact) mass is 273 g/mol. The van der Waals surface area contributed by atoms with Crippen LogP contribution in [0.1, 0.15) is 24.8 Å². The molecule has 0 spiro atoms. The number of hydrogen-bond donors (Lipinski definition) is 2. The molecule has 0 atom stereocenters. The van der Waals surface area contributed by atoms with Crippen LogP contribution in [0.3, 0.4) is 0 Å². The summed E-state index contributed by atoms with van der Waals surface area (Å²) in [6.45, 7) is 0.728. The molecule has 0 bridgehead atoms. The van der Waals surface area contributed by atoms with Gasteiger partial charge in [-0.2, -0.15) is 0 Å². The van der Waals surface area contributed by atoms with Crippen LogP contribution in [0.25, 0.3) is 0 Å². The highest BCUT2D eigenvalue weighted by atomic mass is 16.2. The molecule has 0 radical (unpaired) electrons. The number of fused-ring (bicyclic) bond motifs is 1. The lowest BCUT2D eigenvalue weighted by molar-refractivity contribution is -0.126. The van der Waals surface area contributed by atoms with E-state index in [2.05, 4.69) is 5.32 Å². The maximum atomic E-state index is 12.3. The van der Waals surface area contributed by atoms with Gasteiger partial charge >= 0.3 is 0 Å². The molecule has 1 aromatic carbocycles. The van der Waals surface area contributed by atoms with Crippen LogP contribution in [0.15, 0.2) is 24.3 Å². The Morgan fingerprint density at radius 1 is 1.30 bits per heavy atom. The predicted octanol–water partition coefficient (Wildman–Crippen LogP) is 0.573. The van der Waals surface area contributed by atoms with Crippen molar-refractivity contribution in [2.24, 2.45) is 5.73 Å². The first-order valence-electron chi connectivity index (χ1n) is 7.06. The molecule has 3 rings (SSSR count). The van der Waals surface area contributed by atoms with Gasteiger partial charge in [-0.3, -0.25) is 9.59 Å². The van der Waals surface area contributed by atoms with Gasteiger partial charge in [-0.05, 0) is 37.3 Å². The van der Waals surface area contributed by atoms with Gasteiger partial charge in [-0.15, -0.1) is 0 Å². The zero-order chi connectivity index (χ0) is 14.2. The highest BCUT2D eigenvalue weighted by Crippen LogP contribution is 2.32. The average molecular weight is 273 g/mol. The molecule has 106 valence electrons. The Morgan fingerprint density at radius 2 is 2.05 bits per heavy atom. The van der Waals surface area contributed by atoms with E-state index in [0.29, 0.717) is 19.4 Å². The lowest BCUT2D eigenvalue weighted by atomic mass is 10.0. The van der Waals surface area contributed by atoms with Crippen molar-refractivity contribution in [2.75, 3.05) is 18.0 Å². The van der Waals surface area contributed by atoms with Gasteiger partial charge in [0.25, 0.3) is 0 Å². The molecule has 1 aromatic rings. The SMILES string of the molecule is NC1(C(=O)NCC(=O)N2CCCc3ccccc32)CC1. The van der Waals surface area contributed by atoms with Gasteiger partial charge < -0.3 is 16.0 Å². The topological polar surface area (TPSA) is 75.4 Å². The van der Waals surface area contributed by atoms with Gasteiger partial charge in [0.15, 0.2) is 0 Å². The number of aryl methyl sites for hydroxylation is 1. The van der Waals surface area contributed by atoms with Crippen LogP contribution in [0, 0.1) is 0 Å². The molecule has 0 unspecified atom stereocenters. The van der Waals surface area contributed by atoms with Crippen LogP contribution in [-0.4, -0.2) is 30.4 Å². The molecule has 20 heavy (non-hydrogen) atoms. The largest absolute Gasteiger partial charge is 0.345 e. The predicted molar refractivity (Wildman–Crippen MR) is 76.3 cm³/mol. The molecule has 5 heteroatoms. The van der Waals surface area contributed by atoms with Gasteiger partial charge in [-0.1, -0.05) is 18.2 Å². The molecular weight excluding hydrogens is 254 g/mol. The normalized spacial score (nSPS) is 19.1. The summed E-state index contributed by atoms with van der Waals surface area (Å²) >= 11 is 0. The van der Waals surface area contributed by atoms with E-state index < -0.39 is 5.54 Å². The molecule has 1 heterocycles. The molecule has 0 saturated heterocycles. The summed E-state index contributed by atoms with van der Waals surface area (Å²) in [5, 5.41) is 2.66. The Bertz CT molecular complexity index is 552. The van der Waals surface area contributed by atoms with E-state index in [1.54, 1.807) is 4.90 Å². The van der Waals surface area contributed by atoms with Crippen molar-refractivity contribution in [3.63, 3.8) is 0 Å². The maximum absolute atomic E-state index is 12.3. The number of anilines is 1. The number of nitrogens with zero attached hydrogens (tertiary/aromatic N) is 1. The van der Waals surface area contributed by atoms with Crippen molar-refractivity contribution in [1.29, 1.82) is 0 Å². The van der Waals surface area contributed by atoms with Crippen molar-refractivity contribution in [1.82, 2.24) is 5.32 Å². The number of hydrogen-bond acceptors (Lipinski definition) is 3. The van der Waals surface area contributed by atoms with Crippen LogP contribution in [0.4, 0.5) is 5.69 Å². The minimum atomic E-state index is -0.722. The van der Waals surface area contributed by atoms with Gasteiger partial charge in [0, 0.05) is 12.2 Å². The zero-order valence-electron chi connectivity index (χ0n) is 11.4. The van der Waals surface area contributed by atoms with E-state index in [-0.39, 0.29) is 18.4 Å². The Morgan fingerprint density at radius 3 is 2.80 bits per heavy atom. The number of amides is 2. The molecule has 0 aromatic heterocycles. The number of nitrogens with two attached hydrogens (primary N) is 1. The molecule has 5 nitrogen and oxygen atoms in total. The van der Waals surface area contributed by atoms with Crippen molar-refractivity contribution in [3.05, 3.63) is 29.8 Å². The standard InChI is InChI=1S/C15H19N3O2/c16-15(7-8-15)14(20)17-10-13(19)18-9-3-5-11-4-1-2-6-12(11)18/h1-2,4,6H,3,5,7-10,16H2,(H,17,20). The van der Waals surface area contributed by atoms with E-state index in [9.17, 15) is 9.59 Å². The fraction of sp³-hybridized carbons (Fsp3) is 0.467. The van der Waals surface area contributed by atoms with E-state index >= 15 is 0 Å². The molecule has 3 N–H and O–H groups in total. The Kier molecular flexibility index (Phi) is 3.22. The highest BCUT2D eigenvalue weighted by Gasteiger charge is 2.45. The van der Waals surface area contributed by atoms with Crippen LogP contribution in [0.2, 0.25) is 0 Å². The van der Waals surface area contributed by atoms with E-state index in [4.69, 9.17) is 5.73 Å². The highest BCUT2D eigenvalue weighted by molar-refractivity contribution is 5.99. The van der Waals surface area contributed by atoms with Gasteiger partial charge in [0.05, 0.1) is 12.1 Å². The lowest BCUT2D eigenvalue weighted by Gasteiger charge is -2.29. The number of rotatable bonds is 3. The Labute approximate surface area is 118 Å². The van der Waals surface area contributed by atoms with Gasteiger partial charge in [0.1, 0.15) is 0 Å². The quantitative estimate of drug-likeness (QED) is 0.845. The molecular formula is C15H19N3O2. The second kappa shape index (κ2) is 4.90. The van der Waals surface area contributed by atoms with E-state index in [1.165, 1.54) is 5.56 Å². The lowest BCUT2D eigenvalue weighted by Crippen LogP contribution is -2.48. The van der Waals surface area contributed by atoms with Crippen molar-refractivity contribution in [2.45, 2.75) is 31.2 Å². The molecule has 1 aliphatic heterocycles. The molecule has 1 saturated carbocycles. The number of carbonyl (C=O) groups is 2. The van der Waals surface area contributed by atoms with Crippen LogP contribution < -0.4 is 16.0 Å². The third-order valence-electron chi connectivity index (χ3n) is 4.05. The second-order valence-electron chi connectivity index (χ2n) is 5.62. The first-order valence-corrected chi connectivity index (χ1v) is 7.06.